The van der Waals surface area contributed by atoms with Gasteiger partial charge in [0.1, 0.15) is 5.75 Å². The molecule has 0 aliphatic heterocycles. The van der Waals surface area contributed by atoms with Crippen molar-refractivity contribution in [3.05, 3.63) is 53.4 Å². The van der Waals surface area contributed by atoms with Crippen LogP contribution in [0.15, 0.2) is 42.2 Å². The Bertz CT molecular complexity index is 802. The fourth-order valence-corrected chi connectivity index (χ4v) is 4.54. The molecule has 1 unspecified atom stereocenters. The number of benzene rings is 1. The van der Waals surface area contributed by atoms with Crippen molar-refractivity contribution in [1.29, 1.82) is 0 Å². The summed E-state index contributed by atoms with van der Waals surface area (Å²) in [7, 11) is 1.69. The van der Waals surface area contributed by atoms with E-state index in [1.165, 1.54) is 25.7 Å². The molecule has 136 valence electrons. The number of aromatic nitrogens is 2. The standard InChI is InChI=1S/C22H26N2O2/c1-26-21-10-7-16(14-19(21)15-24-12-4-11-23-24)13-18-8-9-20(22(18)25)17-5-2-3-6-17/h4,7,10-14,17,20H,2-3,5-6,8-9,15H2,1H3/b18-13+. The highest BCUT2D eigenvalue weighted by Crippen LogP contribution is 2.41. The number of carbonyl (C=O) groups is 1. The molecule has 0 N–H and O–H groups in total. The van der Waals surface area contributed by atoms with Gasteiger partial charge in [-0.25, -0.2) is 0 Å². The molecule has 0 spiro atoms. The van der Waals surface area contributed by atoms with E-state index < -0.39 is 0 Å². The van der Waals surface area contributed by atoms with E-state index in [4.69, 9.17) is 4.74 Å². The lowest BCUT2D eigenvalue weighted by Gasteiger charge is -2.15. The van der Waals surface area contributed by atoms with Crippen molar-refractivity contribution in [1.82, 2.24) is 9.78 Å². The molecule has 0 saturated heterocycles. The Morgan fingerprint density at radius 2 is 2.12 bits per heavy atom. The molecular formula is C22H26N2O2. The number of rotatable bonds is 5. The normalized spacial score (nSPS) is 22.4. The van der Waals surface area contributed by atoms with Crippen LogP contribution in [-0.2, 0) is 11.3 Å². The number of Topliss-reactive ketones (excluding diaryl/α,β-unsaturated/α-hetero) is 1. The largest absolute Gasteiger partial charge is 0.496 e. The van der Waals surface area contributed by atoms with Gasteiger partial charge in [0.25, 0.3) is 0 Å². The lowest BCUT2D eigenvalue weighted by Crippen LogP contribution is -2.16. The van der Waals surface area contributed by atoms with Crippen LogP contribution >= 0.6 is 0 Å². The number of carbonyl (C=O) groups excluding carboxylic acids is 1. The summed E-state index contributed by atoms with van der Waals surface area (Å²) in [5.41, 5.74) is 3.14. The smallest absolute Gasteiger partial charge is 0.162 e. The lowest BCUT2D eigenvalue weighted by molar-refractivity contribution is -0.119. The zero-order chi connectivity index (χ0) is 17.9. The summed E-state index contributed by atoms with van der Waals surface area (Å²) in [6.07, 6.45) is 12.8. The van der Waals surface area contributed by atoms with Crippen LogP contribution in [0.2, 0.25) is 0 Å². The summed E-state index contributed by atoms with van der Waals surface area (Å²) in [4.78, 5) is 12.9. The predicted molar refractivity (Wildman–Crippen MR) is 102 cm³/mol. The van der Waals surface area contributed by atoms with E-state index in [1.807, 2.05) is 29.1 Å². The average Bonchev–Trinajstić information content (AvgIpc) is 3.39. The van der Waals surface area contributed by atoms with Crippen molar-refractivity contribution < 1.29 is 9.53 Å². The third-order valence-corrected chi connectivity index (χ3v) is 5.88. The molecule has 4 nitrogen and oxygen atoms in total. The number of ketones is 1. The maximum atomic E-state index is 12.9. The van der Waals surface area contributed by atoms with E-state index in [0.717, 1.165) is 35.3 Å². The molecule has 0 bridgehead atoms. The minimum Gasteiger partial charge on any atom is -0.496 e. The molecule has 2 fully saturated rings. The summed E-state index contributed by atoms with van der Waals surface area (Å²) in [5, 5.41) is 4.28. The molecule has 2 aliphatic rings. The SMILES string of the molecule is COc1ccc(/C=C2\CCC(C3CCCC3)C2=O)cc1Cn1cccn1. The van der Waals surface area contributed by atoms with E-state index in [9.17, 15) is 4.79 Å². The molecule has 26 heavy (non-hydrogen) atoms. The number of hydrogen-bond donors (Lipinski definition) is 0. The van der Waals surface area contributed by atoms with Gasteiger partial charge in [0.15, 0.2) is 5.78 Å². The van der Waals surface area contributed by atoms with Gasteiger partial charge in [0.05, 0.1) is 13.7 Å². The molecule has 0 radical (unpaired) electrons. The first-order chi connectivity index (χ1) is 12.7. The first kappa shape index (κ1) is 17.1. The van der Waals surface area contributed by atoms with Crippen molar-refractivity contribution in [2.24, 2.45) is 11.8 Å². The van der Waals surface area contributed by atoms with Crippen LogP contribution < -0.4 is 4.74 Å². The van der Waals surface area contributed by atoms with Crippen LogP contribution in [0.5, 0.6) is 5.75 Å². The summed E-state index contributed by atoms with van der Waals surface area (Å²) >= 11 is 0. The van der Waals surface area contributed by atoms with E-state index in [0.29, 0.717) is 18.2 Å². The first-order valence-corrected chi connectivity index (χ1v) is 9.64. The van der Waals surface area contributed by atoms with Gasteiger partial charge in [0.2, 0.25) is 0 Å². The van der Waals surface area contributed by atoms with E-state index in [-0.39, 0.29) is 5.92 Å². The third kappa shape index (κ3) is 3.46. The van der Waals surface area contributed by atoms with Crippen molar-refractivity contribution in [3.8, 4) is 5.75 Å². The van der Waals surface area contributed by atoms with E-state index in [2.05, 4.69) is 17.2 Å². The number of nitrogens with zero attached hydrogens (tertiary/aromatic N) is 2. The van der Waals surface area contributed by atoms with Crippen LogP contribution in [-0.4, -0.2) is 22.7 Å². The highest BCUT2D eigenvalue weighted by atomic mass is 16.5. The molecule has 1 aromatic carbocycles. The second-order valence-electron chi connectivity index (χ2n) is 7.50. The first-order valence-electron chi connectivity index (χ1n) is 9.64. The van der Waals surface area contributed by atoms with Gasteiger partial charge in [0, 0.05) is 23.9 Å². The summed E-state index contributed by atoms with van der Waals surface area (Å²) in [6.45, 7) is 0.659. The predicted octanol–water partition coefficient (Wildman–Crippen LogP) is 4.49. The Kier molecular flexibility index (Phi) is 4.91. The molecule has 1 atom stereocenters. The highest BCUT2D eigenvalue weighted by molar-refractivity contribution is 6.03. The zero-order valence-corrected chi connectivity index (χ0v) is 15.4. The minimum absolute atomic E-state index is 0.269. The maximum absolute atomic E-state index is 12.9. The van der Waals surface area contributed by atoms with E-state index >= 15 is 0 Å². The number of allylic oxidation sites excluding steroid dienone is 1. The Morgan fingerprint density at radius 3 is 2.85 bits per heavy atom. The molecular weight excluding hydrogens is 324 g/mol. The van der Waals surface area contributed by atoms with Gasteiger partial charge < -0.3 is 4.74 Å². The third-order valence-electron chi connectivity index (χ3n) is 5.88. The Hall–Kier alpha value is -2.36. The summed E-state index contributed by atoms with van der Waals surface area (Å²) in [5.74, 6) is 2.13. The molecule has 1 heterocycles. The van der Waals surface area contributed by atoms with Gasteiger partial charge in [-0.05, 0) is 67.0 Å². The molecule has 4 heteroatoms. The van der Waals surface area contributed by atoms with Crippen molar-refractivity contribution in [2.45, 2.75) is 45.1 Å². The second kappa shape index (κ2) is 7.48. The minimum atomic E-state index is 0.269. The van der Waals surface area contributed by atoms with Gasteiger partial charge >= 0.3 is 0 Å². The fraction of sp³-hybridized carbons (Fsp3) is 0.455. The Labute approximate surface area is 154 Å². The molecule has 2 saturated carbocycles. The molecule has 4 rings (SSSR count). The quantitative estimate of drug-likeness (QED) is 0.746. The maximum Gasteiger partial charge on any atom is 0.162 e. The summed E-state index contributed by atoms with van der Waals surface area (Å²) < 4.78 is 7.38. The van der Waals surface area contributed by atoms with Gasteiger partial charge in [-0.2, -0.15) is 5.10 Å². The Morgan fingerprint density at radius 1 is 1.27 bits per heavy atom. The lowest BCUT2D eigenvalue weighted by atomic mass is 9.88. The van der Waals surface area contributed by atoms with Gasteiger partial charge in [-0.3, -0.25) is 9.48 Å². The van der Waals surface area contributed by atoms with Crippen LogP contribution in [0.4, 0.5) is 0 Å². The topological polar surface area (TPSA) is 44.1 Å². The Balaban J connectivity index is 1.55. The van der Waals surface area contributed by atoms with Crippen LogP contribution in [0, 0.1) is 11.8 Å². The number of methoxy groups -OCH3 is 1. The number of ether oxygens (including phenoxy) is 1. The van der Waals surface area contributed by atoms with Crippen LogP contribution in [0.3, 0.4) is 0 Å². The fourth-order valence-electron chi connectivity index (χ4n) is 4.54. The van der Waals surface area contributed by atoms with Crippen LogP contribution in [0.1, 0.15) is 49.7 Å². The monoisotopic (exact) mass is 350 g/mol. The van der Waals surface area contributed by atoms with Crippen LogP contribution in [0.25, 0.3) is 6.08 Å². The van der Waals surface area contributed by atoms with Gasteiger partial charge in [-0.1, -0.05) is 18.9 Å². The summed E-state index contributed by atoms with van der Waals surface area (Å²) in [6, 6.07) is 8.05. The molecule has 0 amide bonds. The molecule has 2 aromatic rings. The van der Waals surface area contributed by atoms with Crippen molar-refractivity contribution in [3.63, 3.8) is 0 Å². The van der Waals surface area contributed by atoms with E-state index in [1.54, 1.807) is 13.3 Å². The second-order valence-corrected chi connectivity index (χ2v) is 7.50. The van der Waals surface area contributed by atoms with Crippen molar-refractivity contribution in [2.75, 3.05) is 7.11 Å². The zero-order valence-electron chi connectivity index (χ0n) is 15.4. The molecule has 1 aromatic heterocycles. The van der Waals surface area contributed by atoms with Crippen molar-refractivity contribution >= 4 is 11.9 Å². The highest BCUT2D eigenvalue weighted by Gasteiger charge is 2.36. The number of hydrogen-bond acceptors (Lipinski definition) is 3. The van der Waals surface area contributed by atoms with Gasteiger partial charge in [-0.15, -0.1) is 0 Å². The molecule has 2 aliphatic carbocycles. The average molecular weight is 350 g/mol.